The van der Waals surface area contributed by atoms with Crippen LogP contribution in [0.5, 0.6) is 11.5 Å². The van der Waals surface area contributed by atoms with Crippen molar-refractivity contribution in [1.29, 1.82) is 0 Å². The van der Waals surface area contributed by atoms with Gasteiger partial charge in [0.2, 0.25) is 11.8 Å². The number of hydrogen-bond acceptors (Lipinski definition) is 4. The maximum absolute atomic E-state index is 13.0. The van der Waals surface area contributed by atoms with Crippen LogP contribution in [0.15, 0.2) is 42.5 Å². The van der Waals surface area contributed by atoms with Crippen molar-refractivity contribution in [3.8, 4) is 11.5 Å². The molecule has 2 aromatic rings. The number of nitrogens with one attached hydrogen (secondary N) is 2. The Hall–Kier alpha value is -3.02. The van der Waals surface area contributed by atoms with Crippen LogP contribution in [0, 0.1) is 5.41 Å². The lowest BCUT2D eigenvalue weighted by Gasteiger charge is -2.27. The molecule has 156 valence electrons. The molecule has 0 aliphatic rings. The Morgan fingerprint density at radius 1 is 0.793 bits per heavy atom. The lowest BCUT2D eigenvalue weighted by molar-refractivity contribution is -0.135. The van der Waals surface area contributed by atoms with E-state index in [1.807, 2.05) is 24.3 Å². The Kier molecular flexibility index (Phi) is 6.57. The highest BCUT2D eigenvalue weighted by atomic mass is 16.5. The minimum Gasteiger partial charge on any atom is -0.497 e. The van der Waals surface area contributed by atoms with E-state index in [9.17, 15) is 9.59 Å². The zero-order valence-electron chi connectivity index (χ0n) is 18.2. The number of methoxy groups -OCH3 is 2. The highest BCUT2D eigenvalue weighted by Crippen LogP contribution is 2.33. The minimum atomic E-state index is -1.31. The molecule has 2 rings (SSSR count). The number of carbonyl (C=O) groups is 2. The van der Waals surface area contributed by atoms with Gasteiger partial charge in [0.25, 0.3) is 0 Å². The second kappa shape index (κ2) is 8.55. The first kappa shape index (κ1) is 22.3. The molecule has 0 spiro atoms. The Morgan fingerprint density at radius 2 is 1.38 bits per heavy atom. The van der Waals surface area contributed by atoms with E-state index in [1.54, 1.807) is 39.2 Å². The molecule has 0 heterocycles. The van der Waals surface area contributed by atoms with Crippen molar-refractivity contribution in [3.05, 3.63) is 48.0 Å². The van der Waals surface area contributed by atoms with Gasteiger partial charge in [0.15, 0.2) is 0 Å². The van der Waals surface area contributed by atoms with Gasteiger partial charge in [-0.2, -0.15) is 0 Å². The molecule has 2 N–H and O–H groups in total. The van der Waals surface area contributed by atoms with Gasteiger partial charge in [0.1, 0.15) is 16.9 Å². The Labute approximate surface area is 172 Å². The molecule has 0 aromatic heterocycles. The van der Waals surface area contributed by atoms with Gasteiger partial charge in [0.05, 0.1) is 19.9 Å². The number of benzene rings is 2. The fourth-order valence-corrected chi connectivity index (χ4v) is 2.81. The largest absolute Gasteiger partial charge is 0.497 e. The number of amides is 2. The summed E-state index contributed by atoms with van der Waals surface area (Å²) in [7, 11) is 3.06. The molecule has 0 saturated heterocycles. The highest BCUT2D eigenvalue weighted by molar-refractivity contribution is 6.14. The van der Waals surface area contributed by atoms with E-state index < -0.39 is 11.3 Å². The fourth-order valence-electron chi connectivity index (χ4n) is 2.81. The first-order chi connectivity index (χ1) is 13.5. The zero-order chi connectivity index (χ0) is 21.8. The SMILES string of the molecule is COc1ccc(NC(=O)C(C)(C)C(=O)Nc2ccccc2C(C)(C)C)c(OC)c1. The second-order valence-electron chi connectivity index (χ2n) is 8.40. The third kappa shape index (κ3) is 5.08. The van der Waals surface area contributed by atoms with Gasteiger partial charge in [0, 0.05) is 11.8 Å². The number of rotatable bonds is 6. The predicted molar refractivity (Wildman–Crippen MR) is 116 cm³/mol. The van der Waals surface area contributed by atoms with Crippen LogP contribution >= 0.6 is 0 Å². The molecular formula is C23H30N2O4. The number of ether oxygens (including phenoxy) is 2. The van der Waals surface area contributed by atoms with E-state index >= 15 is 0 Å². The van der Waals surface area contributed by atoms with E-state index in [0.717, 1.165) is 5.56 Å². The molecule has 0 unspecified atom stereocenters. The maximum atomic E-state index is 13.0. The Bertz CT molecular complexity index is 898. The molecule has 0 radical (unpaired) electrons. The second-order valence-corrected chi connectivity index (χ2v) is 8.40. The monoisotopic (exact) mass is 398 g/mol. The normalized spacial score (nSPS) is 11.6. The molecule has 0 aliphatic heterocycles. The molecule has 2 amide bonds. The summed E-state index contributed by atoms with van der Waals surface area (Å²) in [5.74, 6) is 0.230. The Balaban J connectivity index is 2.22. The first-order valence-electron chi connectivity index (χ1n) is 9.45. The molecule has 6 nitrogen and oxygen atoms in total. The van der Waals surface area contributed by atoms with Gasteiger partial charge >= 0.3 is 0 Å². The molecule has 6 heteroatoms. The summed E-state index contributed by atoms with van der Waals surface area (Å²) in [6.07, 6.45) is 0. The Morgan fingerprint density at radius 3 is 1.93 bits per heavy atom. The topological polar surface area (TPSA) is 76.7 Å². The average Bonchev–Trinajstić information content (AvgIpc) is 2.67. The van der Waals surface area contributed by atoms with E-state index in [1.165, 1.54) is 7.11 Å². The molecule has 0 atom stereocenters. The molecule has 2 aromatic carbocycles. The van der Waals surface area contributed by atoms with Crippen molar-refractivity contribution in [2.75, 3.05) is 24.9 Å². The summed E-state index contributed by atoms with van der Waals surface area (Å²) >= 11 is 0. The standard InChI is InChI=1S/C23H30N2O4/c1-22(2,3)16-10-8-9-11-17(16)24-20(26)23(4,5)21(27)25-18-13-12-15(28-6)14-19(18)29-7/h8-14H,1-7H3,(H,24,26)(H,25,27). The van der Waals surface area contributed by atoms with Crippen LogP contribution in [0.2, 0.25) is 0 Å². The minimum absolute atomic E-state index is 0.146. The van der Waals surface area contributed by atoms with Gasteiger partial charge in [-0.1, -0.05) is 39.0 Å². The first-order valence-corrected chi connectivity index (χ1v) is 9.45. The van der Waals surface area contributed by atoms with Crippen LogP contribution in [0.4, 0.5) is 11.4 Å². The summed E-state index contributed by atoms with van der Waals surface area (Å²) in [4.78, 5) is 25.9. The van der Waals surface area contributed by atoms with Gasteiger partial charge in [-0.3, -0.25) is 9.59 Å². The van der Waals surface area contributed by atoms with Crippen LogP contribution in [-0.2, 0) is 15.0 Å². The van der Waals surface area contributed by atoms with Gasteiger partial charge in [-0.15, -0.1) is 0 Å². The number of para-hydroxylation sites is 1. The molecule has 0 aliphatic carbocycles. The summed E-state index contributed by atoms with van der Waals surface area (Å²) in [5, 5.41) is 5.70. The smallest absolute Gasteiger partial charge is 0.239 e. The predicted octanol–water partition coefficient (Wildman–Crippen LogP) is 4.60. The molecule has 0 bridgehead atoms. The molecule has 0 saturated carbocycles. The van der Waals surface area contributed by atoms with Gasteiger partial charge in [-0.25, -0.2) is 0 Å². The third-order valence-electron chi connectivity index (χ3n) is 4.78. The van der Waals surface area contributed by atoms with Crippen molar-refractivity contribution in [2.45, 2.75) is 40.0 Å². The maximum Gasteiger partial charge on any atom is 0.239 e. The number of carbonyl (C=O) groups excluding carboxylic acids is 2. The highest BCUT2D eigenvalue weighted by Gasteiger charge is 2.37. The fraction of sp³-hybridized carbons (Fsp3) is 0.391. The van der Waals surface area contributed by atoms with Gasteiger partial charge < -0.3 is 20.1 Å². The van der Waals surface area contributed by atoms with E-state index in [-0.39, 0.29) is 11.3 Å². The van der Waals surface area contributed by atoms with Crippen molar-refractivity contribution in [1.82, 2.24) is 0 Å². The van der Waals surface area contributed by atoms with Crippen LogP contribution in [0.3, 0.4) is 0 Å². The van der Waals surface area contributed by atoms with E-state index in [4.69, 9.17) is 9.47 Å². The lowest BCUT2D eigenvalue weighted by Crippen LogP contribution is -2.42. The number of hydrogen-bond donors (Lipinski definition) is 2. The average molecular weight is 399 g/mol. The van der Waals surface area contributed by atoms with Crippen molar-refractivity contribution < 1.29 is 19.1 Å². The van der Waals surface area contributed by atoms with Gasteiger partial charge in [-0.05, 0) is 43.0 Å². The van der Waals surface area contributed by atoms with E-state index in [2.05, 4.69) is 31.4 Å². The van der Waals surface area contributed by atoms with Crippen molar-refractivity contribution in [3.63, 3.8) is 0 Å². The summed E-state index contributed by atoms with van der Waals surface area (Å²) in [6.45, 7) is 9.41. The van der Waals surface area contributed by atoms with Crippen molar-refractivity contribution >= 4 is 23.2 Å². The molecule has 29 heavy (non-hydrogen) atoms. The quantitative estimate of drug-likeness (QED) is 0.697. The van der Waals surface area contributed by atoms with E-state index in [0.29, 0.717) is 22.9 Å². The van der Waals surface area contributed by atoms with Crippen LogP contribution in [0.1, 0.15) is 40.2 Å². The number of anilines is 2. The summed E-state index contributed by atoms with van der Waals surface area (Å²) < 4.78 is 10.5. The van der Waals surface area contributed by atoms with Crippen LogP contribution in [0.25, 0.3) is 0 Å². The molecular weight excluding hydrogens is 368 g/mol. The summed E-state index contributed by atoms with van der Waals surface area (Å²) in [5.41, 5.74) is 0.714. The molecule has 0 fully saturated rings. The zero-order valence-corrected chi connectivity index (χ0v) is 18.2. The van der Waals surface area contributed by atoms with Crippen LogP contribution < -0.4 is 20.1 Å². The van der Waals surface area contributed by atoms with Crippen molar-refractivity contribution in [2.24, 2.45) is 5.41 Å². The van der Waals surface area contributed by atoms with Crippen LogP contribution in [-0.4, -0.2) is 26.0 Å². The lowest BCUT2D eigenvalue weighted by atomic mass is 9.85. The third-order valence-corrected chi connectivity index (χ3v) is 4.78. The summed E-state index contributed by atoms with van der Waals surface area (Å²) in [6, 6.07) is 12.7.